The maximum Gasteiger partial charge on any atom is 0.326 e. The second-order valence-corrected chi connectivity index (χ2v) is 6.38. The number of carbonyl (C=O) groups is 2. The van der Waals surface area contributed by atoms with Crippen LogP contribution in [0.25, 0.3) is 11.3 Å². The quantitative estimate of drug-likeness (QED) is 0.751. The lowest BCUT2D eigenvalue weighted by molar-refractivity contribution is -0.142. The predicted molar refractivity (Wildman–Crippen MR) is 87.1 cm³/mol. The highest BCUT2D eigenvalue weighted by atomic mass is 19.1. The zero-order valence-electron chi connectivity index (χ0n) is 13.9. The third-order valence-corrected chi connectivity index (χ3v) is 4.22. The molecule has 1 unspecified atom stereocenters. The molecule has 6 nitrogen and oxygen atoms in total. The Bertz CT molecular complexity index is 817. The SMILES string of the molecule is O=C(CCc1ncc(-c2ccc(F)cc2F)o1)NC(CC1CC1)C(=O)O. The summed E-state index contributed by atoms with van der Waals surface area (Å²) in [7, 11) is 0. The molecule has 138 valence electrons. The van der Waals surface area contributed by atoms with Gasteiger partial charge in [0.1, 0.15) is 17.7 Å². The zero-order chi connectivity index (χ0) is 18.7. The molecule has 1 heterocycles. The van der Waals surface area contributed by atoms with Crippen LogP contribution in [0.3, 0.4) is 0 Å². The lowest BCUT2D eigenvalue weighted by Gasteiger charge is -2.13. The van der Waals surface area contributed by atoms with Crippen LogP contribution in [0.15, 0.2) is 28.8 Å². The number of halogens is 2. The van der Waals surface area contributed by atoms with Crippen molar-refractivity contribution in [2.45, 2.75) is 38.1 Å². The van der Waals surface area contributed by atoms with Gasteiger partial charge in [-0.05, 0) is 24.5 Å². The van der Waals surface area contributed by atoms with Gasteiger partial charge in [-0.3, -0.25) is 4.79 Å². The molecule has 0 saturated heterocycles. The molecule has 1 aromatic heterocycles. The largest absolute Gasteiger partial charge is 0.480 e. The van der Waals surface area contributed by atoms with Crippen molar-refractivity contribution >= 4 is 11.9 Å². The molecule has 1 fully saturated rings. The van der Waals surface area contributed by atoms with Crippen molar-refractivity contribution in [3.63, 3.8) is 0 Å². The molecule has 0 spiro atoms. The number of aromatic nitrogens is 1. The lowest BCUT2D eigenvalue weighted by atomic mass is 10.1. The Morgan fingerprint density at radius 1 is 1.35 bits per heavy atom. The summed E-state index contributed by atoms with van der Waals surface area (Å²) < 4.78 is 32.1. The van der Waals surface area contributed by atoms with Gasteiger partial charge >= 0.3 is 5.97 Å². The summed E-state index contributed by atoms with van der Waals surface area (Å²) >= 11 is 0. The van der Waals surface area contributed by atoms with Crippen molar-refractivity contribution in [1.29, 1.82) is 0 Å². The second-order valence-electron chi connectivity index (χ2n) is 6.38. The van der Waals surface area contributed by atoms with Gasteiger partial charge in [-0.2, -0.15) is 0 Å². The molecule has 1 saturated carbocycles. The van der Waals surface area contributed by atoms with Gasteiger partial charge in [0.25, 0.3) is 0 Å². The summed E-state index contributed by atoms with van der Waals surface area (Å²) in [6.07, 6.45) is 3.88. The maximum atomic E-state index is 13.7. The van der Waals surface area contributed by atoms with Crippen molar-refractivity contribution in [2.75, 3.05) is 0 Å². The first-order valence-electron chi connectivity index (χ1n) is 8.34. The number of aryl methyl sites for hydroxylation is 1. The number of benzene rings is 1. The predicted octanol–water partition coefficient (Wildman–Crippen LogP) is 2.92. The maximum absolute atomic E-state index is 13.7. The highest BCUT2D eigenvalue weighted by Gasteiger charge is 2.30. The molecule has 1 aliphatic carbocycles. The number of nitrogens with one attached hydrogen (secondary N) is 1. The Labute approximate surface area is 148 Å². The van der Waals surface area contributed by atoms with Crippen molar-refractivity contribution < 1.29 is 27.9 Å². The van der Waals surface area contributed by atoms with Crippen LogP contribution in [0.5, 0.6) is 0 Å². The van der Waals surface area contributed by atoms with Crippen molar-refractivity contribution in [3.8, 4) is 11.3 Å². The third-order valence-electron chi connectivity index (χ3n) is 4.22. The fourth-order valence-electron chi connectivity index (χ4n) is 2.63. The highest BCUT2D eigenvalue weighted by molar-refractivity contribution is 5.83. The molecule has 1 aromatic carbocycles. The number of oxazole rings is 1. The Morgan fingerprint density at radius 2 is 2.12 bits per heavy atom. The topological polar surface area (TPSA) is 92.4 Å². The molecular formula is C18H18F2N2O4. The summed E-state index contributed by atoms with van der Waals surface area (Å²) in [5, 5.41) is 11.7. The van der Waals surface area contributed by atoms with E-state index in [-0.39, 0.29) is 30.1 Å². The van der Waals surface area contributed by atoms with Crippen LogP contribution in [0.1, 0.15) is 31.6 Å². The Hall–Kier alpha value is -2.77. The molecule has 26 heavy (non-hydrogen) atoms. The van der Waals surface area contributed by atoms with E-state index >= 15 is 0 Å². The summed E-state index contributed by atoms with van der Waals surface area (Å²) in [5.74, 6) is -2.20. The van der Waals surface area contributed by atoms with Crippen LogP contribution < -0.4 is 5.32 Å². The van der Waals surface area contributed by atoms with E-state index in [4.69, 9.17) is 9.52 Å². The van der Waals surface area contributed by atoms with E-state index in [1.54, 1.807) is 0 Å². The summed E-state index contributed by atoms with van der Waals surface area (Å²) in [6, 6.07) is 2.22. The van der Waals surface area contributed by atoms with Gasteiger partial charge in [0, 0.05) is 18.9 Å². The monoisotopic (exact) mass is 364 g/mol. The molecule has 1 atom stereocenters. The number of nitrogens with zero attached hydrogens (tertiary/aromatic N) is 1. The van der Waals surface area contributed by atoms with E-state index in [2.05, 4.69) is 10.3 Å². The first-order valence-corrected chi connectivity index (χ1v) is 8.34. The third kappa shape index (κ3) is 4.65. The molecule has 8 heteroatoms. The van der Waals surface area contributed by atoms with E-state index in [1.807, 2.05) is 0 Å². The zero-order valence-corrected chi connectivity index (χ0v) is 13.9. The molecule has 0 bridgehead atoms. The minimum Gasteiger partial charge on any atom is -0.480 e. The number of hydrogen-bond acceptors (Lipinski definition) is 4. The standard InChI is InChI=1S/C18H18F2N2O4/c19-11-3-4-12(13(20)8-11)15-9-21-17(26-15)6-5-16(23)22-14(18(24)25)7-10-1-2-10/h3-4,8-10,14H,1-2,5-7H2,(H,22,23)(H,24,25). The van der Waals surface area contributed by atoms with Gasteiger partial charge in [-0.1, -0.05) is 12.8 Å². The second kappa shape index (κ2) is 7.63. The number of carbonyl (C=O) groups excluding carboxylic acids is 1. The average Bonchev–Trinajstić information content (AvgIpc) is 3.27. The minimum atomic E-state index is -1.05. The number of hydrogen-bond donors (Lipinski definition) is 2. The number of amides is 1. The van der Waals surface area contributed by atoms with E-state index in [0.717, 1.165) is 25.0 Å². The van der Waals surface area contributed by atoms with Crippen molar-refractivity contribution in [1.82, 2.24) is 10.3 Å². The summed E-state index contributed by atoms with van der Waals surface area (Å²) in [6.45, 7) is 0. The number of rotatable bonds is 8. The molecule has 3 rings (SSSR count). The van der Waals surface area contributed by atoms with Gasteiger partial charge in [0.15, 0.2) is 11.7 Å². The number of carboxylic acids is 1. The van der Waals surface area contributed by atoms with Gasteiger partial charge < -0.3 is 14.8 Å². The first kappa shape index (κ1) is 18.0. The van der Waals surface area contributed by atoms with E-state index in [0.29, 0.717) is 12.3 Å². The minimum absolute atomic E-state index is 0.000298. The van der Waals surface area contributed by atoms with Crippen molar-refractivity contribution in [3.05, 3.63) is 41.9 Å². The Kier molecular flexibility index (Phi) is 5.29. The van der Waals surface area contributed by atoms with Crippen molar-refractivity contribution in [2.24, 2.45) is 5.92 Å². The highest BCUT2D eigenvalue weighted by Crippen LogP contribution is 2.33. The van der Waals surface area contributed by atoms with Crippen LogP contribution >= 0.6 is 0 Å². The van der Waals surface area contributed by atoms with Crippen LogP contribution in [0.2, 0.25) is 0 Å². The Balaban J connectivity index is 1.55. The van der Waals surface area contributed by atoms with Gasteiger partial charge in [-0.25, -0.2) is 18.6 Å². The van der Waals surface area contributed by atoms with Crippen LogP contribution in [0, 0.1) is 17.6 Å². The molecule has 0 aliphatic heterocycles. The molecule has 1 aliphatic rings. The number of carboxylic acid groups (broad SMARTS) is 1. The van der Waals surface area contributed by atoms with Crippen LogP contribution in [-0.4, -0.2) is 28.0 Å². The normalized spacial score (nSPS) is 14.8. The molecular weight excluding hydrogens is 346 g/mol. The average molecular weight is 364 g/mol. The van der Waals surface area contributed by atoms with Crippen LogP contribution in [-0.2, 0) is 16.0 Å². The Morgan fingerprint density at radius 3 is 2.77 bits per heavy atom. The van der Waals surface area contributed by atoms with E-state index < -0.39 is 29.6 Å². The van der Waals surface area contributed by atoms with Gasteiger partial charge in [0.05, 0.1) is 11.8 Å². The van der Waals surface area contributed by atoms with Crippen LogP contribution in [0.4, 0.5) is 8.78 Å². The molecule has 0 radical (unpaired) electrons. The molecule has 2 N–H and O–H groups in total. The first-order chi connectivity index (χ1) is 12.4. The molecule has 2 aromatic rings. The smallest absolute Gasteiger partial charge is 0.326 e. The number of aliphatic carboxylic acids is 1. The molecule has 1 amide bonds. The fraction of sp³-hybridized carbons (Fsp3) is 0.389. The fourth-order valence-corrected chi connectivity index (χ4v) is 2.63. The summed E-state index contributed by atoms with van der Waals surface area (Å²) in [5.41, 5.74) is 0.0741. The lowest BCUT2D eigenvalue weighted by Crippen LogP contribution is -2.41. The van der Waals surface area contributed by atoms with Gasteiger partial charge in [-0.15, -0.1) is 0 Å². The van der Waals surface area contributed by atoms with E-state index in [9.17, 15) is 18.4 Å². The summed E-state index contributed by atoms with van der Waals surface area (Å²) in [4.78, 5) is 27.1. The van der Waals surface area contributed by atoms with E-state index in [1.165, 1.54) is 12.3 Å². The van der Waals surface area contributed by atoms with Gasteiger partial charge in [0.2, 0.25) is 5.91 Å².